The van der Waals surface area contributed by atoms with Gasteiger partial charge >= 0.3 is 0 Å². The van der Waals surface area contributed by atoms with E-state index in [9.17, 15) is 9.18 Å². The van der Waals surface area contributed by atoms with Gasteiger partial charge in [0.15, 0.2) is 5.78 Å². The van der Waals surface area contributed by atoms with Crippen molar-refractivity contribution < 1.29 is 14.3 Å². The van der Waals surface area contributed by atoms with Crippen molar-refractivity contribution in [2.24, 2.45) is 0 Å². The topological polar surface area (TPSA) is 49.3 Å². The summed E-state index contributed by atoms with van der Waals surface area (Å²) in [7, 11) is 0. The number of rotatable bonds is 5. The van der Waals surface area contributed by atoms with Gasteiger partial charge in [0.2, 0.25) is 0 Å². The second kappa shape index (κ2) is 5.61. The molecule has 1 rings (SSSR count). The van der Waals surface area contributed by atoms with Crippen molar-refractivity contribution >= 4 is 11.5 Å². The molecule has 3 nitrogen and oxygen atoms in total. The van der Waals surface area contributed by atoms with Gasteiger partial charge in [-0.05, 0) is 32.4 Å². The first-order valence-electron chi connectivity index (χ1n) is 5.23. The van der Waals surface area contributed by atoms with Crippen LogP contribution in [0.5, 0.6) is 0 Å². The number of hydrogen-bond donors (Lipinski definition) is 2. The maximum atomic E-state index is 13.4. The highest BCUT2D eigenvalue weighted by atomic mass is 19.1. The van der Waals surface area contributed by atoms with Crippen LogP contribution in [-0.2, 0) is 0 Å². The zero-order valence-corrected chi connectivity index (χ0v) is 9.46. The molecule has 16 heavy (non-hydrogen) atoms. The van der Waals surface area contributed by atoms with E-state index in [1.165, 1.54) is 13.0 Å². The van der Waals surface area contributed by atoms with E-state index in [0.29, 0.717) is 12.1 Å². The summed E-state index contributed by atoms with van der Waals surface area (Å²) in [4.78, 5) is 11.3. The molecule has 0 spiro atoms. The van der Waals surface area contributed by atoms with Crippen LogP contribution in [0.25, 0.3) is 0 Å². The largest absolute Gasteiger partial charge is 0.396 e. The first-order chi connectivity index (χ1) is 7.56. The third-order valence-electron chi connectivity index (χ3n) is 2.33. The monoisotopic (exact) mass is 225 g/mol. The molecule has 0 saturated carbocycles. The molecule has 2 N–H and O–H groups in total. The van der Waals surface area contributed by atoms with Crippen molar-refractivity contribution in [3.8, 4) is 0 Å². The number of aliphatic hydroxyl groups excluding tert-OH is 1. The molecule has 0 saturated heterocycles. The van der Waals surface area contributed by atoms with Crippen molar-refractivity contribution in [3.05, 3.63) is 29.6 Å². The highest BCUT2D eigenvalue weighted by Gasteiger charge is 2.13. The number of nitrogens with one attached hydrogen (secondary N) is 1. The van der Waals surface area contributed by atoms with Crippen LogP contribution in [0.2, 0.25) is 0 Å². The van der Waals surface area contributed by atoms with Gasteiger partial charge in [-0.2, -0.15) is 0 Å². The van der Waals surface area contributed by atoms with E-state index >= 15 is 0 Å². The normalized spacial score (nSPS) is 12.2. The lowest BCUT2D eigenvalue weighted by Crippen LogP contribution is -2.18. The van der Waals surface area contributed by atoms with Crippen LogP contribution in [0, 0.1) is 5.82 Å². The minimum absolute atomic E-state index is 0.00935. The quantitative estimate of drug-likeness (QED) is 0.755. The molecular weight excluding hydrogens is 209 g/mol. The smallest absolute Gasteiger partial charge is 0.164 e. The van der Waals surface area contributed by atoms with E-state index in [-0.39, 0.29) is 24.0 Å². The van der Waals surface area contributed by atoms with E-state index < -0.39 is 5.82 Å². The SMILES string of the molecule is CC(=O)c1c(F)cccc1NC(C)CCO. The second-order valence-electron chi connectivity index (χ2n) is 3.78. The molecule has 1 atom stereocenters. The van der Waals surface area contributed by atoms with E-state index in [1.54, 1.807) is 12.1 Å². The first kappa shape index (κ1) is 12.6. The molecule has 0 aliphatic rings. The van der Waals surface area contributed by atoms with Gasteiger partial charge in [-0.1, -0.05) is 6.07 Å². The highest BCUT2D eigenvalue weighted by molar-refractivity contribution is 5.99. The molecule has 0 amide bonds. The number of anilines is 1. The zero-order chi connectivity index (χ0) is 12.1. The Balaban J connectivity index is 2.95. The summed E-state index contributed by atoms with van der Waals surface area (Å²) in [6, 6.07) is 4.46. The Kier molecular flexibility index (Phi) is 4.43. The van der Waals surface area contributed by atoms with Crippen LogP contribution >= 0.6 is 0 Å². The molecule has 1 unspecified atom stereocenters. The molecule has 0 radical (unpaired) electrons. The Morgan fingerprint density at radius 3 is 2.81 bits per heavy atom. The minimum atomic E-state index is -0.520. The Morgan fingerprint density at radius 2 is 2.25 bits per heavy atom. The molecule has 1 aromatic rings. The third-order valence-corrected chi connectivity index (χ3v) is 2.33. The van der Waals surface area contributed by atoms with Crippen LogP contribution in [0.4, 0.5) is 10.1 Å². The summed E-state index contributed by atoms with van der Waals surface area (Å²) >= 11 is 0. The first-order valence-corrected chi connectivity index (χ1v) is 5.23. The molecule has 0 heterocycles. The van der Waals surface area contributed by atoms with Gasteiger partial charge in [-0.25, -0.2) is 4.39 Å². The van der Waals surface area contributed by atoms with Crippen molar-refractivity contribution in [2.75, 3.05) is 11.9 Å². The van der Waals surface area contributed by atoms with Crippen molar-refractivity contribution in [2.45, 2.75) is 26.3 Å². The molecule has 0 fully saturated rings. The molecular formula is C12H16FNO2. The van der Waals surface area contributed by atoms with E-state index in [1.807, 2.05) is 6.92 Å². The predicted octanol–water partition coefficient (Wildman–Crippen LogP) is 2.21. The number of carbonyl (C=O) groups is 1. The summed E-state index contributed by atoms with van der Waals surface area (Å²) < 4.78 is 13.4. The maximum absolute atomic E-state index is 13.4. The van der Waals surface area contributed by atoms with Gasteiger partial charge in [0.1, 0.15) is 5.82 Å². The number of hydrogen-bond acceptors (Lipinski definition) is 3. The molecule has 0 aliphatic heterocycles. The fraction of sp³-hybridized carbons (Fsp3) is 0.417. The Bertz CT molecular complexity index is 379. The van der Waals surface area contributed by atoms with Crippen LogP contribution < -0.4 is 5.32 Å². The van der Waals surface area contributed by atoms with Gasteiger partial charge in [0, 0.05) is 18.3 Å². The zero-order valence-electron chi connectivity index (χ0n) is 9.46. The molecule has 88 valence electrons. The fourth-order valence-corrected chi connectivity index (χ4v) is 1.53. The summed E-state index contributed by atoms with van der Waals surface area (Å²) in [6.45, 7) is 3.25. The van der Waals surface area contributed by atoms with Crippen molar-refractivity contribution in [1.82, 2.24) is 0 Å². The maximum Gasteiger partial charge on any atom is 0.164 e. The van der Waals surface area contributed by atoms with Gasteiger partial charge < -0.3 is 10.4 Å². The lowest BCUT2D eigenvalue weighted by Gasteiger charge is -2.16. The lowest BCUT2D eigenvalue weighted by molar-refractivity contribution is 0.101. The highest BCUT2D eigenvalue weighted by Crippen LogP contribution is 2.20. The van der Waals surface area contributed by atoms with Crippen molar-refractivity contribution in [1.29, 1.82) is 0 Å². The number of ketones is 1. The van der Waals surface area contributed by atoms with E-state index in [0.717, 1.165) is 0 Å². The van der Waals surface area contributed by atoms with Crippen molar-refractivity contribution in [3.63, 3.8) is 0 Å². The molecule has 1 aromatic carbocycles. The lowest BCUT2D eigenvalue weighted by atomic mass is 10.1. The van der Waals surface area contributed by atoms with Crippen LogP contribution in [0.1, 0.15) is 30.6 Å². The average Bonchev–Trinajstić information content (AvgIpc) is 2.17. The summed E-state index contributed by atoms with van der Waals surface area (Å²) in [6.07, 6.45) is 0.549. The van der Waals surface area contributed by atoms with E-state index in [4.69, 9.17) is 5.11 Å². The van der Waals surface area contributed by atoms with Gasteiger partial charge in [0.25, 0.3) is 0 Å². The average molecular weight is 225 g/mol. The third kappa shape index (κ3) is 3.03. The summed E-state index contributed by atoms with van der Waals surface area (Å²) in [5, 5.41) is 11.8. The molecule has 0 bridgehead atoms. The number of halogens is 1. The number of carbonyl (C=O) groups excluding carboxylic acids is 1. The molecule has 0 aromatic heterocycles. The van der Waals surface area contributed by atoms with Gasteiger partial charge in [-0.15, -0.1) is 0 Å². The number of Topliss-reactive ketones (excluding diaryl/α,β-unsaturated/α-hetero) is 1. The van der Waals surface area contributed by atoms with Crippen LogP contribution in [0.3, 0.4) is 0 Å². The van der Waals surface area contributed by atoms with Gasteiger partial charge in [-0.3, -0.25) is 4.79 Å². The predicted molar refractivity (Wildman–Crippen MR) is 61.2 cm³/mol. The Morgan fingerprint density at radius 1 is 1.56 bits per heavy atom. The van der Waals surface area contributed by atoms with Crippen LogP contribution in [-0.4, -0.2) is 23.5 Å². The summed E-state index contributed by atoms with van der Waals surface area (Å²) in [5.74, 6) is -0.828. The molecule has 0 aliphatic carbocycles. The standard InChI is InChI=1S/C12H16FNO2/c1-8(6-7-15)14-11-5-3-4-10(13)12(11)9(2)16/h3-5,8,14-15H,6-7H2,1-2H3. The Hall–Kier alpha value is -1.42. The number of aliphatic hydroxyl groups is 1. The Labute approximate surface area is 94.3 Å². The minimum Gasteiger partial charge on any atom is -0.396 e. The molecule has 4 heteroatoms. The second-order valence-corrected chi connectivity index (χ2v) is 3.78. The summed E-state index contributed by atoms with van der Waals surface area (Å²) in [5.41, 5.74) is 0.556. The van der Waals surface area contributed by atoms with Gasteiger partial charge in [0.05, 0.1) is 5.56 Å². The van der Waals surface area contributed by atoms with Crippen LogP contribution in [0.15, 0.2) is 18.2 Å². The van der Waals surface area contributed by atoms with E-state index in [2.05, 4.69) is 5.32 Å². The number of benzene rings is 1. The fourth-order valence-electron chi connectivity index (χ4n) is 1.53.